The number of anilines is 1. The van der Waals surface area contributed by atoms with Crippen LogP contribution in [0.4, 0.5) is 5.95 Å². The molecule has 0 spiro atoms. The second-order valence-electron chi connectivity index (χ2n) is 4.85. The summed E-state index contributed by atoms with van der Waals surface area (Å²) >= 11 is 0. The second kappa shape index (κ2) is 7.47. The predicted octanol–water partition coefficient (Wildman–Crippen LogP) is 2.93. The van der Waals surface area contributed by atoms with Gasteiger partial charge in [-0.25, -0.2) is 0 Å². The molecule has 2 rings (SSSR count). The summed E-state index contributed by atoms with van der Waals surface area (Å²) in [6.07, 6.45) is 2.00. The molecule has 1 N–H and O–H groups in total. The van der Waals surface area contributed by atoms with E-state index in [0.29, 0.717) is 17.7 Å². The van der Waals surface area contributed by atoms with Crippen LogP contribution in [0.5, 0.6) is 11.8 Å². The fraction of sp³-hybridized carbons (Fsp3) is 0.375. The van der Waals surface area contributed by atoms with Gasteiger partial charge in [-0.1, -0.05) is 30.3 Å². The molecule has 2 aromatic rings. The maximum atomic E-state index is 5.14. The van der Waals surface area contributed by atoms with Gasteiger partial charge in [-0.3, -0.25) is 0 Å². The van der Waals surface area contributed by atoms with Crippen molar-refractivity contribution in [1.82, 2.24) is 9.97 Å². The molecule has 0 saturated carbocycles. The predicted molar refractivity (Wildman–Crippen MR) is 83.0 cm³/mol. The van der Waals surface area contributed by atoms with Crippen LogP contribution in [0.2, 0.25) is 0 Å². The number of methoxy groups -OCH3 is 2. The summed E-state index contributed by atoms with van der Waals surface area (Å²) in [6.45, 7) is 2.11. The van der Waals surface area contributed by atoms with E-state index in [-0.39, 0.29) is 6.04 Å². The van der Waals surface area contributed by atoms with Crippen molar-refractivity contribution >= 4 is 5.95 Å². The van der Waals surface area contributed by atoms with E-state index in [2.05, 4.69) is 46.5 Å². The molecule has 1 unspecified atom stereocenters. The van der Waals surface area contributed by atoms with Crippen molar-refractivity contribution in [2.24, 2.45) is 0 Å². The molecule has 1 heterocycles. The molecule has 21 heavy (non-hydrogen) atoms. The van der Waals surface area contributed by atoms with E-state index in [4.69, 9.17) is 9.47 Å². The largest absolute Gasteiger partial charge is 0.481 e. The maximum absolute atomic E-state index is 5.14. The maximum Gasteiger partial charge on any atom is 0.229 e. The average Bonchev–Trinajstić information content (AvgIpc) is 2.53. The molecule has 1 aromatic heterocycles. The number of ether oxygens (including phenoxy) is 2. The molecule has 0 aliphatic heterocycles. The zero-order chi connectivity index (χ0) is 15.1. The van der Waals surface area contributed by atoms with Crippen molar-refractivity contribution < 1.29 is 9.47 Å². The Hall–Kier alpha value is -2.30. The van der Waals surface area contributed by atoms with Gasteiger partial charge in [0.15, 0.2) is 0 Å². The lowest BCUT2D eigenvalue weighted by Gasteiger charge is -2.14. The van der Waals surface area contributed by atoms with Crippen LogP contribution >= 0.6 is 0 Å². The number of hydrogen-bond acceptors (Lipinski definition) is 5. The molecule has 1 atom stereocenters. The van der Waals surface area contributed by atoms with E-state index in [0.717, 1.165) is 12.8 Å². The summed E-state index contributed by atoms with van der Waals surface area (Å²) in [7, 11) is 3.15. The second-order valence-corrected chi connectivity index (χ2v) is 4.85. The Morgan fingerprint density at radius 1 is 1.05 bits per heavy atom. The molecule has 0 radical (unpaired) electrons. The normalized spacial score (nSPS) is 11.8. The number of aryl methyl sites for hydroxylation is 1. The van der Waals surface area contributed by atoms with Crippen molar-refractivity contribution in [3.05, 3.63) is 42.0 Å². The first kappa shape index (κ1) is 15.1. The molecule has 0 aliphatic carbocycles. The van der Waals surface area contributed by atoms with Crippen molar-refractivity contribution in [3.63, 3.8) is 0 Å². The summed E-state index contributed by atoms with van der Waals surface area (Å²) in [4.78, 5) is 8.54. The monoisotopic (exact) mass is 287 g/mol. The SMILES string of the molecule is COc1cc(OC)nc(NC(C)CCc2ccccc2)n1. The van der Waals surface area contributed by atoms with Crippen molar-refractivity contribution in [3.8, 4) is 11.8 Å². The van der Waals surface area contributed by atoms with Gasteiger partial charge < -0.3 is 14.8 Å². The van der Waals surface area contributed by atoms with Gasteiger partial charge in [0.1, 0.15) is 0 Å². The first-order valence-electron chi connectivity index (χ1n) is 6.99. The van der Waals surface area contributed by atoms with Gasteiger partial charge in [-0.05, 0) is 25.3 Å². The standard InChI is InChI=1S/C16H21N3O2/c1-12(9-10-13-7-5-4-6-8-13)17-16-18-14(20-2)11-15(19-16)21-3/h4-8,11-12H,9-10H2,1-3H3,(H,17,18,19). The molecule has 0 amide bonds. The van der Waals surface area contributed by atoms with E-state index in [1.165, 1.54) is 5.56 Å². The average molecular weight is 287 g/mol. The van der Waals surface area contributed by atoms with Crippen LogP contribution in [-0.2, 0) is 6.42 Å². The zero-order valence-corrected chi connectivity index (χ0v) is 12.7. The van der Waals surface area contributed by atoms with Gasteiger partial charge in [-0.15, -0.1) is 0 Å². The minimum atomic E-state index is 0.252. The Balaban J connectivity index is 1.94. The highest BCUT2D eigenvalue weighted by Crippen LogP contribution is 2.18. The summed E-state index contributed by atoms with van der Waals surface area (Å²) in [6, 6.07) is 12.3. The lowest BCUT2D eigenvalue weighted by atomic mass is 10.1. The molecule has 0 aliphatic rings. The third-order valence-electron chi connectivity index (χ3n) is 3.18. The smallest absolute Gasteiger partial charge is 0.229 e. The minimum absolute atomic E-state index is 0.252. The van der Waals surface area contributed by atoms with E-state index in [9.17, 15) is 0 Å². The lowest BCUT2D eigenvalue weighted by molar-refractivity contribution is 0.372. The molecule has 0 saturated heterocycles. The molecule has 0 fully saturated rings. The van der Waals surface area contributed by atoms with Crippen molar-refractivity contribution in [2.75, 3.05) is 19.5 Å². The first-order chi connectivity index (χ1) is 10.2. The fourth-order valence-electron chi connectivity index (χ4n) is 2.00. The summed E-state index contributed by atoms with van der Waals surface area (Å²) in [5.41, 5.74) is 1.33. The summed E-state index contributed by atoms with van der Waals surface area (Å²) in [5, 5.41) is 3.28. The number of hydrogen-bond donors (Lipinski definition) is 1. The Morgan fingerprint density at radius 2 is 1.67 bits per heavy atom. The number of aromatic nitrogens is 2. The van der Waals surface area contributed by atoms with Crippen molar-refractivity contribution in [2.45, 2.75) is 25.8 Å². The van der Waals surface area contributed by atoms with Gasteiger partial charge in [0.05, 0.1) is 20.3 Å². The van der Waals surface area contributed by atoms with Crippen LogP contribution in [0.1, 0.15) is 18.9 Å². The highest BCUT2D eigenvalue weighted by Gasteiger charge is 2.08. The quantitative estimate of drug-likeness (QED) is 0.848. The molecule has 1 aromatic carbocycles. The van der Waals surface area contributed by atoms with E-state index in [1.807, 2.05) is 6.07 Å². The summed E-state index contributed by atoms with van der Waals surface area (Å²) in [5.74, 6) is 1.49. The van der Waals surface area contributed by atoms with Crippen LogP contribution in [0.15, 0.2) is 36.4 Å². The van der Waals surface area contributed by atoms with Gasteiger partial charge >= 0.3 is 0 Å². The number of nitrogens with zero attached hydrogens (tertiary/aromatic N) is 2. The third-order valence-corrected chi connectivity index (χ3v) is 3.18. The highest BCUT2D eigenvalue weighted by molar-refractivity contribution is 5.34. The molecule has 112 valence electrons. The molecular weight excluding hydrogens is 266 g/mol. The zero-order valence-electron chi connectivity index (χ0n) is 12.7. The third kappa shape index (κ3) is 4.63. The van der Waals surface area contributed by atoms with E-state index >= 15 is 0 Å². The van der Waals surface area contributed by atoms with Crippen LogP contribution in [-0.4, -0.2) is 30.2 Å². The summed E-state index contributed by atoms with van der Waals surface area (Å²) < 4.78 is 10.3. The number of rotatable bonds is 7. The van der Waals surface area contributed by atoms with Gasteiger partial charge in [0.2, 0.25) is 17.7 Å². The van der Waals surface area contributed by atoms with Gasteiger partial charge in [0, 0.05) is 6.04 Å². The Kier molecular flexibility index (Phi) is 5.37. The Labute approximate surface area is 125 Å². The highest BCUT2D eigenvalue weighted by atomic mass is 16.5. The Bertz CT molecular complexity index is 538. The topological polar surface area (TPSA) is 56.3 Å². The number of nitrogens with one attached hydrogen (secondary N) is 1. The van der Waals surface area contributed by atoms with E-state index in [1.54, 1.807) is 20.3 Å². The van der Waals surface area contributed by atoms with E-state index < -0.39 is 0 Å². The molecule has 5 heteroatoms. The van der Waals surface area contributed by atoms with Crippen LogP contribution < -0.4 is 14.8 Å². The van der Waals surface area contributed by atoms with Gasteiger partial charge in [0.25, 0.3) is 0 Å². The molecular formula is C16H21N3O2. The number of benzene rings is 1. The first-order valence-corrected chi connectivity index (χ1v) is 6.99. The van der Waals surface area contributed by atoms with Crippen LogP contribution in [0.25, 0.3) is 0 Å². The van der Waals surface area contributed by atoms with Crippen molar-refractivity contribution in [1.29, 1.82) is 0 Å². The Morgan fingerprint density at radius 3 is 2.24 bits per heavy atom. The van der Waals surface area contributed by atoms with Crippen LogP contribution in [0, 0.1) is 0 Å². The lowest BCUT2D eigenvalue weighted by Crippen LogP contribution is -2.18. The van der Waals surface area contributed by atoms with Gasteiger partial charge in [-0.2, -0.15) is 9.97 Å². The molecule has 0 bridgehead atoms. The molecule has 5 nitrogen and oxygen atoms in total. The fourth-order valence-corrected chi connectivity index (χ4v) is 2.00. The van der Waals surface area contributed by atoms with Crippen LogP contribution in [0.3, 0.4) is 0 Å². The minimum Gasteiger partial charge on any atom is -0.481 e.